The zero-order valence-electron chi connectivity index (χ0n) is 15.8. The van der Waals surface area contributed by atoms with Crippen molar-refractivity contribution in [1.29, 1.82) is 0 Å². The summed E-state index contributed by atoms with van der Waals surface area (Å²) in [5.41, 5.74) is 1.07. The fourth-order valence-electron chi connectivity index (χ4n) is 3.36. The number of aryl methyl sites for hydroxylation is 1. The van der Waals surface area contributed by atoms with Crippen molar-refractivity contribution in [2.75, 3.05) is 12.4 Å². The molecule has 1 aliphatic rings. The van der Waals surface area contributed by atoms with Crippen LogP contribution in [0.4, 0.5) is 4.39 Å². The molecule has 0 amide bonds. The van der Waals surface area contributed by atoms with Crippen molar-refractivity contribution in [1.82, 2.24) is 9.55 Å². The summed E-state index contributed by atoms with van der Waals surface area (Å²) in [5.74, 6) is -0.107. The lowest BCUT2D eigenvalue weighted by Gasteiger charge is -2.28. The van der Waals surface area contributed by atoms with Crippen molar-refractivity contribution in [3.05, 3.63) is 83.1 Å². The van der Waals surface area contributed by atoms with Crippen LogP contribution in [-0.4, -0.2) is 33.8 Å². The van der Waals surface area contributed by atoms with Crippen LogP contribution in [-0.2, 0) is 22.4 Å². The molecule has 1 fully saturated rings. The van der Waals surface area contributed by atoms with E-state index < -0.39 is 5.79 Å². The Kier molecular flexibility index (Phi) is 6.70. The van der Waals surface area contributed by atoms with Gasteiger partial charge in [-0.15, -0.1) is 11.8 Å². The molecule has 4 rings (SSSR count). The molecule has 7 heteroatoms. The molecule has 0 spiro atoms. The number of aromatic nitrogens is 2. The third kappa shape index (κ3) is 5.69. The van der Waals surface area contributed by atoms with Crippen LogP contribution in [0.1, 0.15) is 12.0 Å². The molecule has 29 heavy (non-hydrogen) atoms. The quantitative estimate of drug-likeness (QED) is 0.412. The maximum absolute atomic E-state index is 13.2. The van der Waals surface area contributed by atoms with E-state index in [1.165, 1.54) is 17.0 Å². The van der Waals surface area contributed by atoms with Crippen LogP contribution in [0.5, 0.6) is 0 Å². The van der Waals surface area contributed by atoms with E-state index in [2.05, 4.69) is 33.0 Å². The van der Waals surface area contributed by atoms with E-state index in [0.29, 0.717) is 19.6 Å². The van der Waals surface area contributed by atoms with Gasteiger partial charge in [0.25, 0.3) is 0 Å². The smallest absolute Gasteiger partial charge is 0.187 e. The van der Waals surface area contributed by atoms with Crippen molar-refractivity contribution in [3.8, 4) is 0 Å². The number of benzene rings is 2. The number of halogens is 2. The van der Waals surface area contributed by atoms with Crippen LogP contribution < -0.4 is 0 Å². The second-order valence-corrected chi connectivity index (χ2v) is 9.10. The first kappa shape index (κ1) is 20.6. The van der Waals surface area contributed by atoms with E-state index in [4.69, 9.17) is 9.47 Å². The maximum Gasteiger partial charge on any atom is 0.187 e. The molecular weight excluding hydrogens is 455 g/mol. The molecule has 2 atom stereocenters. The molecule has 2 heterocycles. The third-order valence-corrected chi connectivity index (χ3v) is 6.53. The van der Waals surface area contributed by atoms with E-state index in [1.54, 1.807) is 24.3 Å². The second-order valence-electron chi connectivity index (χ2n) is 7.09. The first-order valence-electron chi connectivity index (χ1n) is 9.51. The number of imidazole rings is 1. The van der Waals surface area contributed by atoms with Gasteiger partial charge in [-0.1, -0.05) is 28.1 Å². The Morgan fingerprint density at radius 3 is 2.69 bits per heavy atom. The molecule has 0 aliphatic carbocycles. The Hall–Kier alpha value is -1.67. The van der Waals surface area contributed by atoms with Crippen molar-refractivity contribution in [2.24, 2.45) is 0 Å². The zero-order chi connectivity index (χ0) is 20.1. The number of ether oxygens (including phenoxy) is 2. The van der Waals surface area contributed by atoms with E-state index in [0.717, 1.165) is 22.2 Å². The van der Waals surface area contributed by atoms with Gasteiger partial charge in [0.05, 0.1) is 25.6 Å². The third-order valence-electron chi connectivity index (χ3n) is 4.85. The summed E-state index contributed by atoms with van der Waals surface area (Å²) in [6.45, 7) is 1.13. The molecule has 0 bridgehead atoms. The standard InChI is InChI=1S/C22H22BrFN2O2S/c23-18-3-7-21(8-4-18)29-14-20-13-27-22(28-20,15-26-12-11-25-16-26)10-9-17-1-5-19(24)6-2-17/h1-8,11-12,16,20H,9-10,13-15H2. The van der Waals surface area contributed by atoms with Gasteiger partial charge in [-0.2, -0.15) is 0 Å². The van der Waals surface area contributed by atoms with Gasteiger partial charge in [0.15, 0.2) is 5.79 Å². The number of hydrogen-bond acceptors (Lipinski definition) is 4. The Labute approximate surface area is 182 Å². The fraction of sp³-hybridized carbons (Fsp3) is 0.318. The molecule has 2 unspecified atom stereocenters. The number of hydrogen-bond donors (Lipinski definition) is 0. The monoisotopic (exact) mass is 476 g/mol. The highest BCUT2D eigenvalue weighted by Crippen LogP contribution is 2.33. The molecule has 0 saturated carbocycles. The molecule has 0 N–H and O–H groups in total. The summed E-state index contributed by atoms with van der Waals surface area (Å²) in [6, 6.07) is 14.9. The van der Waals surface area contributed by atoms with Gasteiger partial charge >= 0.3 is 0 Å². The molecule has 1 aromatic heterocycles. The predicted molar refractivity (Wildman–Crippen MR) is 115 cm³/mol. The number of nitrogens with zero attached hydrogens (tertiary/aromatic N) is 2. The lowest BCUT2D eigenvalue weighted by molar-refractivity contribution is -0.180. The molecule has 1 saturated heterocycles. The van der Waals surface area contributed by atoms with Gasteiger partial charge < -0.3 is 14.0 Å². The summed E-state index contributed by atoms with van der Waals surface area (Å²) in [6.07, 6.45) is 6.90. The van der Waals surface area contributed by atoms with Crippen LogP contribution in [0.2, 0.25) is 0 Å². The summed E-state index contributed by atoms with van der Waals surface area (Å²) in [4.78, 5) is 5.33. The van der Waals surface area contributed by atoms with Gasteiger partial charge in [-0.3, -0.25) is 0 Å². The van der Waals surface area contributed by atoms with Crippen LogP contribution in [0, 0.1) is 5.82 Å². The topological polar surface area (TPSA) is 36.3 Å². The summed E-state index contributed by atoms with van der Waals surface area (Å²) in [5, 5.41) is 0. The summed E-state index contributed by atoms with van der Waals surface area (Å²) < 4.78 is 28.9. The Morgan fingerprint density at radius 1 is 1.17 bits per heavy atom. The lowest BCUT2D eigenvalue weighted by Crippen LogP contribution is -2.37. The van der Waals surface area contributed by atoms with E-state index in [9.17, 15) is 4.39 Å². The van der Waals surface area contributed by atoms with Crippen LogP contribution >= 0.6 is 27.7 Å². The highest BCUT2D eigenvalue weighted by atomic mass is 79.9. The lowest BCUT2D eigenvalue weighted by atomic mass is 10.0. The van der Waals surface area contributed by atoms with Gasteiger partial charge in [-0.05, 0) is 48.4 Å². The van der Waals surface area contributed by atoms with E-state index >= 15 is 0 Å². The molecule has 1 aliphatic heterocycles. The first-order chi connectivity index (χ1) is 14.1. The van der Waals surface area contributed by atoms with Crippen molar-refractivity contribution in [3.63, 3.8) is 0 Å². The maximum atomic E-state index is 13.2. The minimum absolute atomic E-state index is 0.0142. The Morgan fingerprint density at radius 2 is 1.97 bits per heavy atom. The van der Waals surface area contributed by atoms with Gasteiger partial charge in [0.1, 0.15) is 5.82 Å². The Balaban J connectivity index is 1.40. The average molecular weight is 477 g/mol. The minimum atomic E-state index is -0.708. The number of thioether (sulfide) groups is 1. The van der Waals surface area contributed by atoms with E-state index in [-0.39, 0.29) is 11.9 Å². The minimum Gasteiger partial charge on any atom is -0.345 e. The molecular formula is C22H22BrFN2O2S. The average Bonchev–Trinajstić information content (AvgIpc) is 3.38. The van der Waals surface area contributed by atoms with Crippen LogP contribution in [0.25, 0.3) is 0 Å². The SMILES string of the molecule is Fc1ccc(CCC2(Cn3ccnc3)OCC(CSc3ccc(Br)cc3)O2)cc1. The first-order valence-corrected chi connectivity index (χ1v) is 11.3. The normalized spacial score (nSPS) is 21.5. The van der Waals surface area contributed by atoms with Crippen molar-refractivity contribution >= 4 is 27.7 Å². The number of rotatable bonds is 8. The largest absolute Gasteiger partial charge is 0.345 e. The van der Waals surface area contributed by atoms with Gasteiger partial charge in [0, 0.05) is 33.9 Å². The predicted octanol–water partition coefficient (Wildman–Crippen LogP) is 5.32. The van der Waals surface area contributed by atoms with Crippen LogP contribution in [0.3, 0.4) is 0 Å². The van der Waals surface area contributed by atoms with Gasteiger partial charge in [-0.25, -0.2) is 9.37 Å². The van der Waals surface area contributed by atoms with Gasteiger partial charge in [0.2, 0.25) is 0 Å². The molecule has 152 valence electrons. The van der Waals surface area contributed by atoms with Crippen molar-refractivity contribution in [2.45, 2.75) is 36.2 Å². The van der Waals surface area contributed by atoms with Crippen molar-refractivity contribution < 1.29 is 13.9 Å². The second kappa shape index (κ2) is 9.43. The highest BCUT2D eigenvalue weighted by Gasteiger charge is 2.41. The molecule has 0 radical (unpaired) electrons. The highest BCUT2D eigenvalue weighted by molar-refractivity contribution is 9.10. The molecule has 3 aromatic rings. The summed E-state index contributed by atoms with van der Waals surface area (Å²) in [7, 11) is 0. The molecule has 2 aromatic carbocycles. The Bertz CT molecular complexity index is 906. The zero-order valence-corrected chi connectivity index (χ0v) is 18.2. The van der Waals surface area contributed by atoms with E-state index in [1.807, 2.05) is 35.0 Å². The fourth-order valence-corrected chi connectivity index (χ4v) is 4.49. The summed E-state index contributed by atoms with van der Waals surface area (Å²) >= 11 is 5.23. The molecule has 4 nitrogen and oxygen atoms in total. The van der Waals surface area contributed by atoms with Crippen LogP contribution in [0.15, 0.2) is 76.6 Å².